The molecule has 0 aliphatic rings. The Balaban J connectivity index is 2.62. The van der Waals surface area contributed by atoms with E-state index in [1.54, 1.807) is 18.2 Å². The van der Waals surface area contributed by atoms with Gasteiger partial charge in [-0.2, -0.15) is 0 Å². The third kappa shape index (κ3) is 3.90. The fraction of sp³-hybridized carbons (Fsp3) is 0.417. The summed E-state index contributed by atoms with van der Waals surface area (Å²) in [5, 5.41) is 11.2. The second kappa shape index (κ2) is 6.85. The van der Waals surface area contributed by atoms with Crippen LogP contribution in [0.5, 0.6) is 5.75 Å². The second-order valence-electron chi connectivity index (χ2n) is 3.36. The first-order valence-electron chi connectivity index (χ1n) is 5.40. The molecular formula is C12H17NO3. The lowest BCUT2D eigenvalue weighted by molar-refractivity contribution is 0.0944. The van der Waals surface area contributed by atoms with Crippen LogP contribution in [0.3, 0.4) is 0 Å². The molecule has 0 fully saturated rings. The van der Waals surface area contributed by atoms with Crippen molar-refractivity contribution >= 4 is 5.91 Å². The number of aliphatic hydroxyl groups excluding tert-OH is 1. The fourth-order valence-electron chi connectivity index (χ4n) is 1.22. The minimum Gasteiger partial charge on any atom is -0.494 e. The molecule has 0 atom stereocenters. The van der Waals surface area contributed by atoms with Gasteiger partial charge < -0.3 is 15.2 Å². The van der Waals surface area contributed by atoms with Gasteiger partial charge in [-0.15, -0.1) is 0 Å². The summed E-state index contributed by atoms with van der Waals surface area (Å²) in [4.78, 5) is 11.6. The summed E-state index contributed by atoms with van der Waals surface area (Å²) in [6.45, 7) is 2.87. The maximum Gasteiger partial charge on any atom is 0.251 e. The molecule has 0 unspecified atom stereocenters. The van der Waals surface area contributed by atoms with Crippen LogP contribution in [0.25, 0.3) is 0 Å². The highest BCUT2D eigenvalue weighted by molar-refractivity contribution is 5.94. The Morgan fingerprint density at radius 1 is 1.50 bits per heavy atom. The number of aliphatic hydroxyl groups is 1. The first kappa shape index (κ1) is 12.5. The third-order valence-electron chi connectivity index (χ3n) is 1.97. The molecule has 16 heavy (non-hydrogen) atoms. The standard InChI is InChI=1S/C12H17NO3/c1-2-8-16-11-5-3-4-10(9-11)12(15)13-6-7-14/h3-5,9,14H,2,6-8H2,1H3,(H,13,15). The molecule has 0 spiro atoms. The average Bonchev–Trinajstić information content (AvgIpc) is 2.33. The number of benzene rings is 1. The SMILES string of the molecule is CCCOc1cccc(C(=O)NCCO)c1. The zero-order valence-electron chi connectivity index (χ0n) is 9.40. The van der Waals surface area contributed by atoms with E-state index < -0.39 is 0 Å². The number of hydrogen-bond donors (Lipinski definition) is 2. The van der Waals surface area contributed by atoms with Crippen molar-refractivity contribution in [1.82, 2.24) is 5.32 Å². The van der Waals surface area contributed by atoms with Crippen molar-refractivity contribution in [3.8, 4) is 5.75 Å². The Kier molecular flexibility index (Phi) is 5.36. The fourth-order valence-corrected chi connectivity index (χ4v) is 1.22. The van der Waals surface area contributed by atoms with Crippen LogP contribution in [-0.2, 0) is 0 Å². The highest BCUT2D eigenvalue weighted by Crippen LogP contribution is 2.13. The predicted molar refractivity (Wildman–Crippen MR) is 61.6 cm³/mol. The molecule has 0 aliphatic heterocycles. The van der Waals surface area contributed by atoms with Gasteiger partial charge in [0, 0.05) is 12.1 Å². The number of ether oxygens (including phenoxy) is 1. The first-order chi connectivity index (χ1) is 7.77. The minimum absolute atomic E-state index is 0.0578. The van der Waals surface area contributed by atoms with E-state index in [1.165, 1.54) is 0 Å². The summed E-state index contributed by atoms with van der Waals surface area (Å²) in [6.07, 6.45) is 0.931. The number of hydrogen-bond acceptors (Lipinski definition) is 3. The molecule has 1 aromatic carbocycles. The normalized spacial score (nSPS) is 9.88. The van der Waals surface area contributed by atoms with Gasteiger partial charge in [0.1, 0.15) is 5.75 Å². The second-order valence-corrected chi connectivity index (χ2v) is 3.36. The number of amides is 1. The number of carbonyl (C=O) groups excluding carboxylic acids is 1. The van der Waals surface area contributed by atoms with Crippen molar-refractivity contribution in [2.45, 2.75) is 13.3 Å². The van der Waals surface area contributed by atoms with Gasteiger partial charge in [-0.1, -0.05) is 13.0 Å². The predicted octanol–water partition coefficient (Wildman–Crippen LogP) is 1.20. The molecule has 2 N–H and O–H groups in total. The Bertz CT molecular complexity index is 339. The van der Waals surface area contributed by atoms with Crippen LogP contribution in [0.15, 0.2) is 24.3 Å². The van der Waals surface area contributed by atoms with Crippen molar-refractivity contribution in [2.75, 3.05) is 19.8 Å². The Labute approximate surface area is 95.2 Å². The Hall–Kier alpha value is -1.55. The molecule has 0 bridgehead atoms. The van der Waals surface area contributed by atoms with Crippen LogP contribution in [0.4, 0.5) is 0 Å². The highest BCUT2D eigenvalue weighted by Gasteiger charge is 2.05. The van der Waals surface area contributed by atoms with Gasteiger partial charge in [-0.05, 0) is 24.6 Å². The zero-order valence-corrected chi connectivity index (χ0v) is 9.40. The Morgan fingerprint density at radius 2 is 2.31 bits per heavy atom. The number of nitrogens with one attached hydrogen (secondary N) is 1. The number of carbonyl (C=O) groups is 1. The molecular weight excluding hydrogens is 206 g/mol. The van der Waals surface area contributed by atoms with E-state index in [9.17, 15) is 4.79 Å². The van der Waals surface area contributed by atoms with Crippen molar-refractivity contribution in [2.24, 2.45) is 0 Å². The van der Waals surface area contributed by atoms with Crippen LogP contribution < -0.4 is 10.1 Å². The van der Waals surface area contributed by atoms with E-state index in [2.05, 4.69) is 5.32 Å². The smallest absolute Gasteiger partial charge is 0.251 e. The van der Waals surface area contributed by atoms with E-state index in [-0.39, 0.29) is 19.1 Å². The Morgan fingerprint density at radius 3 is 3.00 bits per heavy atom. The van der Waals surface area contributed by atoms with Crippen molar-refractivity contribution in [3.63, 3.8) is 0 Å². The lowest BCUT2D eigenvalue weighted by atomic mass is 10.2. The van der Waals surface area contributed by atoms with Gasteiger partial charge >= 0.3 is 0 Å². The number of rotatable bonds is 6. The maximum atomic E-state index is 11.6. The summed E-state index contributed by atoms with van der Waals surface area (Å²) in [5.74, 6) is 0.495. The molecule has 1 amide bonds. The molecule has 1 rings (SSSR count). The van der Waals surface area contributed by atoms with Crippen molar-refractivity contribution < 1.29 is 14.6 Å². The summed E-state index contributed by atoms with van der Waals surface area (Å²) in [7, 11) is 0. The molecule has 4 heteroatoms. The van der Waals surface area contributed by atoms with Gasteiger partial charge in [0.15, 0.2) is 0 Å². The van der Waals surface area contributed by atoms with E-state index >= 15 is 0 Å². The first-order valence-corrected chi connectivity index (χ1v) is 5.40. The summed E-state index contributed by atoms with van der Waals surface area (Å²) in [6, 6.07) is 7.01. The lowest BCUT2D eigenvalue weighted by Gasteiger charge is -2.07. The van der Waals surface area contributed by atoms with Crippen LogP contribution in [0, 0.1) is 0 Å². The monoisotopic (exact) mass is 223 g/mol. The third-order valence-corrected chi connectivity index (χ3v) is 1.97. The molecule has 88 valence electrons. The quantitative estimate of drug-likeness (QED) is 0.761. The van der Waals surface area contributed by atoms with E-state index in [0.29, 0.717) is 17.9 Å². The van der Waals surface area contributed by atoms with E-state index in [1.807, 2.05) is 13.0 Å². The molecule has 0 saturated carbocycles. The molecule has 4 nitrogen and oxygen atoms in total. The van der Waals surface area contributed by atoms with Gasteiger partial charge in [-0.25, -0.2) is 0 Å². The summed E-state index contributed by atoms with van der Waals surface area (Å²) in [5.41, 5.74) is 0.544. The molecule has 0 heterocycles. The van der Waals surface area contributed by atoms with Crippen LogP contribution >= 0.6 is 0 Å². The van der Waals surface area contributed by atoms with Gasteiger partial charge in [0.05, 0.1) is 13.2 Å². The van der Waals surface area contributed by atoms with Gasteiger partial charge in [0.2, 0.25) is 0 Å². The lowest BCUT2D eigenvalue weighted by Crippen LogP contribution is -2.26. The highest BCUT2D eigenvalue weighted by atomic mass is 16.5. The summed E-state index contributed by atoms with van der Waals surface area (Å²) >= 11 is 0. The summed E-state index contributed by atoms with van der Waals surface area (Å²) < 4.78 is 5.42. The average molecular weight is 223 g/mol. The molecule has 1 aromatic rings. The van der Waals surface area contributed by atoms with Crippen LogP contribution in [0.1, 0.15) is 23.7 Å². The van der Waals surface area contributed by atoms with Crippen molar-refractivity contribution in [1.29, 1.82) is 0 Å². The molecule has 0 aromatic heterocycles. The molecule has 0 saturated heterocycles. The van der Waals surface area contributed by atoms with Gasteiger partial charge in [-0.3, -0.25) is 4.79 Å². The van der Waals surface area contributed by atoms with Gasteiger partial charge in [0.25, 0.3) is 5.91 Å². The molecule has 0 aliphatic carbocycles. The van der Waals surface area contributed by atoms with Crippen LogP contribution in [0.2, 0.25) is 0 Å². The van der Waals surface area contributed by atoms with E-state index in [0.717, 1.165) is 6.42 Å². The zero-order chi connectivity index (χ0) is 11.8. The van der Waals surface area contributed by atoms with Crippen LogP contribution in [-0.4, -0.2) is 30.8 Å². The minimum atomic E-state index is -0.198. The molecule has 0 radical (unpaired) electrons. The largest absolute Gasteiger partial charge is 0.494 e. The topological polar surface area (TPSA) is 58.6 Å². The van der Waals surface area contributed by atoms with E-state index in [4.69, 9.17) is 9.84 Å². The van der Waals surface area contributed by atoms with Crippen molar-refractivity contribution in [3.05, 3.63) is 29.8 Å². The maximum absolute atomic E-state index is 11.6.